The first-order chi connectivity index (χ1) is 12.8. The summed E-state index contributed by atoms with van der Waals surface area (Å²) in [6, 6.07) is 8.20. The highest BCUT2D eigenvalue weighted by Crippen LogP contribution is 2.42. The first-order valence-electron chi connectivity index (χ1n) is 8.62. The normalized spacial score (nSPS) is 15.1. The van der Waals surface area contributed by atoms with Crippen LogP contribution in [0.15, 0.2) is 36.4 Å². The Bertz CT molecular complexity index is 847. The second-order valence-electron chi connectivity index (χ2n) is 6.67. The number of nitro benzene ring substituents is 1. The van der Waals surface area contributed by atoms with E-state index >= 15 is 0 Å². The van der Waals surface area contributed by atoms with Crippen LogP contribution in [0.25, 0.3) is 0 Å². The van der Waals surface area contributed by atoms with E-state index in [1.165, 1.54) is 18.2 Å². The number of alkyl halides is 3. The molecular formula is C19H19F3N2O3. The van der Waals surface area contributed by atoms with Crippen molar-refractivity contribution >= 4 is 11.4 Å². The molecule has 2 aromatic carbocycles. The predicted molar refractivity (Wildman–Crippen MR) is 94.5 cm³/mol. The number of halogens is 3. The Kier molecular flexibility index (Phi) is 5.25. The molecule has 0 radical (unpaired) electrons. The molecule has 0 aromatic heterocycles. The van der Waals surface area contributed by atoms with Gasteiger partial charge in [0.1, 0.15) is 18.0 Å². The Morgan fingerprint density at radius 2 is 1.85 bits per heavy atom. The summed E-state index contributed by atoms with van der Waals surface area (Å²) in [5, 5.41) is 10.9. The Hall–Kier alpha value is -2.77. The highest BCUT2D eigenvalue weighted by Gasteiger charge is 2.36. The number of hydrogen-bond donors (Lipinski definition) is 1. The van der Waals surface area contributed by atoms with Crippen LogP contribution >= 0.6 is 0 Å². The molecule has 27 heavy (non-hydrogen) atoms. The number of nitrogens with zero attached hydrogens (tertiary/aromatic N) is 1. The van der Waals surface area contributed by atoms with Crippen molar-refractivity contribution in [1.82, 2.24) is 0 Å². The first kappa shape index (κ1) is 19.0. The minimum Gasteiger partial charge on any atom is -0.489 e. The van der Waals surface area contributed by atoms with Crippen LogP contribution in [0.5, 0.6) is 5.75 Å². The summed E-state index contributed by atoms with van der Waals surface area (Å²) >= 11 is 0. The number of benzene rings is 2. The lowest BCUT2D eigenvalue weighted by atomic mass is 9.91. The smallest absolute Gasteiger partial charge is 0.416 e. The quantitative estimate of drug-likeness (QED) is 0.426. The summed E-state index contributed by atoms with van der Waals surface area (Å²) in [7, 11) is 0. The van der Waals surface area contributed by atoms with Gasteiger partial charge in [0.15, 0.2) is 0 Å². The lowest BCUT2D eigenvalue weighted by molar-refractivity contribution is -0.384. The van der Waals surface area contributed by atoms with Gasteiger partial charge >= 0.3 is 6.18 Å². The maximum Gasteiger partial charge on any atom is 0.416 e. The zero-order valence-corrected chi connectivity index (χ0v) is 14.5. The molecule has 0 saturated heterocycles. The van der Waals surface area contributed by atoms with E-state index in [9.17, 15) is 23.3 Å². The monoisotopic (exact) mass is 380 g/mol. The van der Waals surface area contributed by atoms with Crippen LogP contribution in [0.2, 0.25) is 0 Å². The van der Waals surface area contributed by atoms with Gasteiger partial charge in [0.05, 0.1) is 16.6 Å². The lowest BCUT2D eigenvalue weighted by Crippen LogP contribution is -2.12. The van der Waals surface area contributed by atoms with Gasteiger partial charge in [-0.15, -0.1) is 0 Å². The van der Waals surface area contributed by atoms with E-state index in [0.29, 0.717) is 11.1 Å². The van der Waals surface area contributed by atoms with E-state index in [0.717, 1.165) is 37.8 Å². The molecule has 0 bridgehead atoms. The van der Waals surface area contributed by atoms with Gasteiger partial charge in [-0.2, -0.15) is 13.2 Å². The van der Waals surface area contributed by atoms with Crippen molar-refractivity contribution in [2.24, 2.45) is 0 Å². The van der Waals surface area contributed by atoms with Crippen molar-refractivity contribution in [2.45, 2.75) is 44.4 Å². The fourth-order valence-corrected chi connectivity index (χ4v) is 3.47. The summed E-state index contributed by atoms with van der Waals surface area (Å²) in [5.41, 5.74) is 5.27. The first-order valence-corrected chi connectivity index (χ1v) is 8.62. The van der Waals surface area contributed by atoms with Crippen molar-refractivity contribution in [3.63, 3.8) is 0 Å². The van der Waals surface area contributed by atoms with Crippen LogP contribution in [0, 0.1) is 10.1 Å². The highest BCUT2D eigenvalue weighted by atomic mass is 19.4. The third-order valence-electron chi connectivity index (χ3n) is 4.82. The summed E-state index contributed by atoms with van der Waals surface area (Å²) in [6.07, 6.45) is -0.999. The van der Waals surface area contributed by atoms with Gasteiger partial charge in [-0.3, -0.25) is 10.1 Å². The SMILES string of the molecule is Nc1ccc(OCc2ccc(C3CCCC3)c(C(F)(F)F)c2)cc1[N+](=O)[O-]. The van der Waals surface area contributed by atoms with Crippen molar-refractivity contribution < 1.29 is 22.8 Å². The summed E-state index contributed by atoms with van der Waals surface area (Å²) in [4.78, 5) is 10.3. The molecule has 0 heterocycles. The summed E-state index contributed by atoms with van der Waals surface area (Å²) < 4.78 is 45.9. The number of anilines is 1. The van der Waals surface area contributed by atoms with Crippen molar-refractivity contribution in [3.05, 3.63) is 63.2 Å². The zero-order chi connectivity index (χ0) is 19.6. The zero-order valence-electron chi connectivity index (χ0n) is 14.5. The van der Waals surface area contributed by atoms with Crippen LogP contribution in [-0.4, -0.2) is 4.92 Å². The Morgan fingerprint density at radius 1 is 1.15 bits per heavy atom. The van der Waals surface area contributed by atoms with Gasteiger partial charge in [-0.1, -0.05) is 25.0 Å². The van der Waals surface area contributed by atoms with Gasteiger partial charge in [-0.25, -0.2) is 0 Å². The third-order valence-corrected chi connectivity index (χ3v) is 4.82. The summed E-state index contributed by atoms with van der Waals surface area (Å²) in [5.74, 6) is 0.112. The molecule has 0 aliphatic heterocycles. The molecule has 0 atom stereocenters. The minimum atomic E-state index is -4.44. The molecule has 2 aromatic rings. The maximum absolute atomic E-state index is 13.5. The number of rotatable bonds is 5. The minimum absolute atomic E-state index is 0.00683. The fourth-order valence-electron chi connectivity index (χ4n) is 3.47. The third kappa shape index (κ3) is 4.32. The lowest BCUT2D eigenvalue weighted by Gasteiger charge is -2.19. The Labute approximate surface area is 154 Å². The molecule has 0 spiro atoms. The van der Waals surface area contributed by atoms with Crippen LogP contribution in [-0.2, 0) is 12.8 Å². The summed E-state index contributed by atoms with van der Waals surface area (Å²) in [6.45, 7) is -0.130. The molecule has 1 aliphatic rings. The molecule has 3 rings (SSSR count). The fraction of sp³-hybridized carbons (Fsp3) is 0.368. The predicted octanol–water partition coefficient (Wildman–Crippen LogP) is 5.43. The van der Waals surface area contributed by atoms with Gasteiger partial charge in [0, 0.05) is 0 Å². The van der Waals surface area contributed by atoms with E-state index in [4.69, 9.17) is 10.5 Å². The maximum atomic E-state index is 13.5. The van der Waals surface area contributed by atoms with E-state index < -0.39 is 16.7 Å². The van der Waals surface area contributed by atoms with Crippen LogP contribution in [0.1, 0.15) is 48.3 Å². The molecule has 8 heteroatoms. The number of hydrogen-bond acceptors (Lipinski definition) is 4. The number of nitrogens with two attached hydrogens (primary N) is 1. The molecular weight excluding hydrogens is 361 g/mol. The van der Waals surface area contributed by atoms with Gasteiger partial charge in [-0.05, 0) is 48.1 Å². The molecule has 0 unspecified atom stereocenters. The molecule has 5 nitrogen and oxygen atoms in total. The van der Waals surface area contributed by atoms with Crippen LogP contribution < -0.4 is 10.5 Å². The Morgan fingerprint density at radius 3 is 2.48 bits per heavy atom. The second-order valence-corrected chi connectivity index (χ2v) is 6.67. The number of nitro groups is 1. The van der Waals surface area contributed by atoms with Gasteiger partial charge < -0.3 is 10.5 Å². The topological polar surface area (TPSA) is 78.4 Å². The molecule has 1 fully saturated rings. The van der Waals surface area contributed by atoms with Crippen molar-refractivity contribution in [3.8, 4) is 5.75 Å². The Balaban J connectivity index is 1.81. The highest BCUT2D eigenvalue weighted by molar-refractivity contribution is 5.60. The average molecular weight is 380 g/mol. The van der Waals surface area contributed by atoms with Crippen molar-refractivity contribution in [1.29, 1.82) is 0 Å². The second kappa shape index (κ2) is 7.46. The molecule has 2 N–H and O–H groups in total. The van der Waals surface area contributed by atoms with E-state index in [-0.39, 0.29) is 29.6 Å². The molecule has 1 aliphatic carbocycles. The van der Waals surface area contributed by atoms with E-state index in [1.54, 1.807) is 6.07 Å². The van der Waals surface area contributed by atoms with E-state index in [1.807, 2.05) is 0 Å². The largest absolute Gasteiger partial charge is 0.489 e. The van der Waals surface area contributed by atoms with E-state index in [2.05, 4.69) is 0 Å². The number of ether oxygens (including phenoxy) is 1. The standard InChI is InChI=1S/C19H19F3N2O3/c20-19(21,22)16-9-12(5-7-15(16)13-3-1-2-4-13)11-27-14-6-8-17(23)18(10-14)24(25)26/h5-10,13H,1-4,11,23H2. The van der Waals surface area contributed by atoms with Crippen LogP contribution in [0.3, 0.4) is 0 Å². The molecule has 144 valence electrons. The van der Waals surface area contributed by atoms with Crippen molar-refractivity contribution in [2.75, 3.05) is 5.73 Å². The van der Waals surface area contributed by atoms with Gasteiger partial charge in [0.25, 0.3) is 5.69 Å². The molecule has 1 saturated carbocycles. The average Bonchev–Trinajstić information content (AvgIpc) is 3.14. The number of nitrogen functional groups attached to an aromatic ring is 1. The van der Waals surface area contributed by atoms with Gasteiger partial charge in [0.2, 0.25) is 0 Å². The van der Waals surface area contributed by atoms with Crippen LogP contribution in [0.4, 0.5) is 24.5 Å². The molecule has 0 amide bonds.